The summed E-state index contributed by atoms with van der Waals surface area (Å²) in [5.74, 6) is 1.21. The highest BCUT2D eigenvalue weighted by Crippen LogP contribution is 2.45. The Bertz CT molecular complexity index is 1020. The predicted octanol–water partition coefficient (Wildman–Crippen LogP) is 5.46. The van der Waals surface area contributed by atoms with Gasteiger partial charge in [0.25, 0.3) is 0 Å². The molecule has 29 heavy (non-hydrogen) atoms. The molecule has 1 heterocycles. The molecule has 1 aliphatic carbocycles. The second kappa shape index (κ2) is 7.81. The summed E-state index contributed by atoms with van der Waals surface area (Å²) >= 11 is 6.45. The number of pyridine rings is 1. The maximum atomic E-state index is 13.3. The molecule has 0 radical (unpaired) electrons. The second-order valence-electron chi connectivity index (χ2n) is 7.63. The first-order chi connectivity index (χ1) is 13.9. The average molecular weight is 415 g/mol. The molecule has 2 N–H and O–H groups in total. The van der Waals surface area contributed by atoms with Gasteiger partial charge in [-0.05, 0) is 66.5 Å². The fourth-order valence-electron chi connectivity index (χ4n) is 4.15. The Balaban J connectivity index is 1.49. The Morgan fingerprint density at radius 1 is 1.21 bits per heavy atom. The number of fused-ring (bicyclic) bond motifs is 1. The largest absolute Gasteiger partial charge is 0.489 e. The third-order valence-corrected chi connectivity index (χ3v) is 6.35. The van der Waals surface area contributed by atoms with Crippen LogP contribution in [0.2, 0.25) is 5.02 Å². The van der Waals surface area contributed by atoms with Crippen molar-refractivity contribution in [2.24, 2.45) is 11.7 Å². The maximum absolute atomic E-state index is 13.3. The lowest BCUT2D eigenvalue weighted by Gasteiger charge is -2.46. The van der Waals surface area contributed by atoms with Gasteiger partial charge in [-0.25, -0.2) is 9.37 Å². The van der Waals surface area contributed by atoms with Crippen molar-refractivity contribution in [2.75, 3.05) is 7.11 Å². The van der Waals surface area contributed by atoms with E-state index in [0.717, 1.165) is 35.6 Å². The number of nitrogens with zero attached hydrogens (tertiary/aromatic N) is 1. The fourth-order valence-corrected chi connectivity index (χ4v) is 4.36. The summed E-state index contributed by atoms with van der Waals surface area (Å²) < 4.78 is 24.8. The highest BCUT2D eigenvalue weighted by Gasteiger charge is 2.44. The Hall–Kier alpha value is -2.37. The Morgan fingerprint density at radius 2 is 1.93 bits per heavy atom. The number of hydrogen-bond acceptors (Lipinski definition) is 4. The highest BCUT2D eigenvalue weighted by molar-refractivity contribution is 6.33. The first kappa shape index (κ1) is 19.9. The van der Waals surface area contributed by atoms with Crippen molar-refractivity contribution in [2.45, 2.75) is 37.8 Å². The molecule has 6 heteroatoms. The topological polar surface area (TPSA) is 57.4 Å². The Labute approximate surface area is 174 Å². The summed E-state index contributed by atoms with van der Waals surface area (Å²) in [6.07, 6.45) is 4.18. The summed E-state index contributed by atoms with van der Waals surface area (Å²) in [6.45, 7) is 2.07. The van der Waals surface area contributed by atoms with Gasteiger partial charge in [0.1, 0.15) is 11.6 Å². The van der Waals surface area contributed by atoms with Crippen molar-refractivity contribution < 1.29 is 13.9 Å². The molecule has 1 fully saturated rings. The number of methoxy groups -OCH3 is 1. The van der Waals surface area contributed by atoms with E-state index in [1.807, 2.05) is 18.2 Å². The van der Waals surface area contributed by atoms with Gasteiger partial charge >= 0.3 is 0 Å². The van der Waals surface area contributed by atoms with E-state index in [-0.39, 0.29) is 17.8 Å². The second-order valence-corrected chi connectivity index (χ2v) is 8.04. The minimum Gasteiger partial charge on any atom is -0.489 e. The van der Waals surface area contributed by atoms with Gasteiger partial charge in [-0.15, -0.1) is 0 Å². The van der Waals surface area contributed by atoms with E-state index in [2.05, 4.69) is 11.9 Å². The van der Waals surface area contributed by atoms with Crippen LogP contribution < -0.4 is 15.2 Å². The predicted molar refractivity (Wildman–Crippen MR) is 113 cm³/mol. The van der Waals surface area contributed by atoms with Crippen LogP contribution >= 0.6 is 11.6 Å². The number of hydrogen-bond donors (Lipinski definition) is 1. The molecule has 1 unspecified atom stereocenters. The van der Waals surface area contributed by atoms with Crippen LogP contribution in [0.15, 0.2) is 48.7 Å². The zero-order valence-corrected chi connectivity index (χ0v) is 17.2. The van der Waals surface area contributed by atoms with Crippen LogP contribution in [-0.2, 0) is 5.54 Å². The van der Waals surface area contributed by atoms with Gasteiger partial charge in [0.05, 0.1) is 18.2 Å². The van der Waals surface area contributed by atoms with Crippen LogP contribution in [0.4, 0.5) is 4.39 Å². The van der Waals surface area contributed by atoms with Crippen molar-refractivity contribution in [3.8, 4) is 11.6 Å². The van der Waals surface area contributed by atoms with Crippen LogP contribution in [0.1, 0.15) is 31.7 Å². The summed E-state index contributed by atoms with van der Waals surface area (Å²) in [5, 5.41) is 2.34. The summed E-state index contributed by atoms with van der Waals surface area (Å²) in [5.41, 5.74) is 7.22. The van der Waals surface area contributed by atoms with Crippen LogP contribution in [0.3, 0.4) is 0 Å². The van der Waals surface area contributed by atoms with Gasteiger partial charge in [0, 0.05) is 17.1 Å². The highest BCUT2D eigenvalue weighted by atomic mass is 35.5. The summed E-state index contributed by atoms with van der Waals surface area (Å²) in [7, 11) is 1.59. The maximum Gasteiger partial charge on any atom is 0.221 e. The molecule has 1 aliphatic rings. The Kier molecular flexibility index (Phi) is 5.36. The molecule has 0 aliphatic heterocycles. The number of rotatable bonds is 6. The Morgan fingerprint density at radius 3 is 2.59 bits per heavy atom. The van der Waals surface area contributed by atoms with Gasteiger partial charge in [0.15, 0.2) is 0 Å². The normalized spacial score (nSPS) is 20.7. The third-order valence-electron chi connectivity index (χ3n) is 6.06. The third kappa shape index (κ3) is 3.65. The van der Waals surface area contributed by atoms with Crippen molar-refractivity contribution in [3.63, 3.8) is 0 Å². The SMILES string of the molecule is CCC(N)(c1ccc(F)cc1)C1CC(Oc2cc3ccnc(OC)c3cc2Cl)C1. The lowest BCUT2D eigenvalue weighted by Crippen LogP contribution is -2.52. The molecule has 3 aromatic rings. The number of nitrogens with two attached hydrogens (primary N) is 1. The molecule has 1 saturated carbocycles. The first-order valence-electron chi connectivity index (χ1n) is 9.78. The van der Waals surface area contributed by atoms with E-state index in [9.17, 15) is 4.39 Å². The molecule has 1 aromatic heterocycles. The molecule has 0 saturated heterocycles. The molecule has 2 aromatic carbocycles. The van der Waals surface area contributed by atoms with E-state index < -0.39 is 5.54 Å². The smallest absolute Gasteiger partial charge is 0.221 e. The van der Waals surface area contributed by atoms with Crippen molar-refractivity contribution in [1.82, 2.24) is 4.98 Å². The van der Waals surface area contributed by atoms with E-state index in [1.54, 1.807) is 25.4 Å². The molecule has 0 amide bonds. The minimum absolute atomic E-state index is 0.0496. The van der Waals surface area contributed by atoms with Gasteiger partial charge in [-0.2, -0.15) is 0 Å². The minimum atomic E-state index is -0.486. The fraction of sp³-hybridized carbons (Fsp3) is 0.348. The molecule has 4 nitrogen and oxygen atoms in total. The number of halogens is 2. The monoisotopic (exact) mass is 414 g/mol. The van der Waals surface area contributed by atoms with Crippen LogP contribution in [0.5, 0.6) is 11.6 Å². The summed E-state index contributed by atoms with van der Waals surface area (Å²) in [4.78, 5) is 4.21. The van der Waals surface area contributed by atoms with Crippen molar-refractivity contribution in [3.05, 3.63) is 65.1 Å². The molecule has 152 valence electrons. The standard InChI is InChI=1S/C23H24ClFN2O2/c1-3-23(26,15-4-6-17(25)7-5-15)16-11-18(12-16)29-21-10-14-8-9-27-22(28-2)19(14)13-20(21)24/h4-10,13,16,18H,3,11-12,26H2,1-2H3. The van der Waals surface area contributed by atoms with Gasteiger partial charge in [-0.1, -0.05) is 30.7 Å². The lowest BCUT2D eigenvalue weighted by atomic mass is 9.65. The van der Waals surface area contributed by atoms with E-state index in [0.29, 0.717) is 16.7 Å². The lowest BCUT2D eigenvalue weighted by molar-refractivity contribution is 0.0180. The zero-order chi connectivity index (χ0) is 20.6. The average Bonchev–Trinajstić information content (AvgIpc) is 2.70. The molecule has 0 bridgehead atoms. The van der Waals surface area contributed by atoms with Crippen LogP contribution in [-0.4, -0.2) is 18.2 Å². The van der Waals surface area contributed by atoms with Gasteiger partial charge in [0.2, 0.25) is 5.88 Å². The van der Waals surface area contributed by atoms with E-state index >= 15 is 0 Å². The number of aromatic nitrogens is 1. The molecular formula is C23H24ClFN2O2. The molecule has 0 spiro atoms. The van der Waals surface area contributed by atoms with Crippen molar-refractivity contribution >= 4 is 22.4 Å². The molecular weight excluding hydrogens is 391 g/mol. The zero-order valence-electron chi connectivity index (χ0n) is 16.5. The van der Waals surface area contributed by atoms with E-state index in [4.69, 9.17) is 26.8 Å². The van der Waals surface area contributed by atoms with Crippen LogP contribution in [0.25, 0.3) is 10.8 Å². The number of ether oxygens (including phenoxy) is 2. The quantitative estimate of drug-likeness (QED) is 0.582. The van der Waals surface area contributed by atoms with Crippen molar-refractivity contribution in [1.29, 1.82) is 0 Å². The van der Waals surface area contributed by atoms with E-state index in [1.165, 1.54) is 12.1 Å². The van der Waals surface area contributed by atoms with Crippen LogP contribution in [0, 0.1) is 11.7 Å². The van der Waals surface area contributed by atoms with Gasteiger partial charge < -0.3 is 15.2 Å². The molecule has 4 rings (SSSR count). The summed E-state index contributed by atoms with van der Waals surface area (Å²) in [6, 6.07) is 12.2. The number of benzene rings is 2. The first-order valence-corrected chi connectivity index (χ1v) is 10.2. The molecule has 1 atom stereocenters. The van der Waals surface area contributed by atoms with Gasteiger partial charge in [-0.3, -0.25) is 0 Å².